The molecule has 0 saturated carbocycles. The number of hydrogen-bond donors (Lipinski definition) is 1. The lowest BCUT2D eigenvalue weighted by atomic mass is 9.94. The molecule has 3 rings (SSSR count). The molecule has 1 fully saturated rings. The van der Waals surface area contributed by atoms with Crippen LogP contribution in [0.2, 0.25) is 0 Å². The minimum Gasteiger partial charge on any atom is -0.342 e. The van der Waals surface area contributed by atoms with E-state index in [1.165, 1.54) is 0 Å². The smallest absolute Gasteiger partial charge is 0.226 e. The zero-order valence-electron chi connectivity index (χ0n) is 13.5. The molecule has 7 nitrogen and oxygen atoms in total. The molecule has 1 N–H and O–H groups in total. The topological polar surface area (TPSA) is 87.9 Å². The Kier molecular flexibility index (Phi) is 5.05. The van der Waals surface area contributed by atoms with Crippen LogP contribution < -0.4 is 0 Å². The first-order chi connectivity index (χ1) is 11.3. The third-order valence-electron chi connectivity index (χ3n) is 4.34. The van der Waals surface area contributed by atoms with Crippen molar-refractivity contribution in [1.82, 2.24) is 25.2 Å². The molecule has 1 saturated heterocycles. The Morgan fingerprint density at radius 1 is 1.52 bits per heavy atom. The number of likely N-dealkylation sites (tertiary alicyclic amines) is 1. The molecule has 0 unspecified atom stereocenters. The molecule has 0 spiro atoms. The standard InChI is InChI=1S/C16H23N5O2/c1-2-14-18-15(23-20-14)6-3-7-16(22)21-10-4-5-12(11-21)13-8-9-17-19-13/h8-9,12H,2-7,10-11H2,1H3,(H,17,19)/t12-/m0/s1. The van der Waals surface area contributed by atoms with E-state index in [9.17, 15) is 4.79 Å². The lowest BCUT2D eigenvalue weighted by Gasteiger charge is -2.32. The molecule has 1 atom stereocenters. The van der Waals surface area contributed by atoms with E-state index in [2.05, 4.69) is 20.3 Å². The number of aryl methyl sites for hydroxylation is 2. The van der Waals surface area contributed by atoms with Gasteiger partial charge in [0.05, 0.1) is 0 Å². The van der Waals surface area contributed by atoms with Crippen LogP contribution in [0.25, 0.3) is 0 Å². The van der Waals surface area contributed by atoms with Gasteiger partial charge in [0.15, 0.2) is 5.82 Å². The second kappa shape index (κ2) is 7.39. The molecule has 124 valence electrons. The molecule has 1 amide bonds. The van der Waals surface area contributed by atoms with Crippen molar-refractivity contribution in [1.29, 1.82) is 0 Å². The first-order valence-corrected chi connectivity index (χ1v) is 8.34. The van der Waals surface area contributed by atoms with Crippen LogP contribution in [0.3, 0.4) is 0 Å². The zero-order chi connectivity index (χ0) is 16.1. The number of aromatic nitrogens is 4. The van der Waals surface area contributed by atoms with Gasteiger partial charge in [-0.3, -0.25) is 9.89 Å². The number of hydrogen-bond acceptors (Lipinski definition) is 5. The maximum absolute atomic E-state index is 12.4. The molecule has 2 aromatic rings. The molecule has 0 radical (unpaired) electrons. The molecule has 1 aliphatic rings. The predicted octanol–water partition coefficient (Wildman–Crippen LogP) is 2.08. The largest absolute Gasteiger partial charge is 0.342 e. The fraction of sp³-hybridized carbons (Fsp3) is 0.625. The van der Waals surface area contributed by atoms with Gasteiger partial charge in [0.25, 0.3) is 0 Å². The lowest BCUT2D eigenvalue weighted by Crippen LogP contribution is -2.39. The number of carbonyl (C=O) groups excluding carboxylic acids is 1. The highest BCUT2D eigenvalue weighted by molar-refractivity contribution is 5.76. The Labute approximate surface area is 135 Å². The van der Waals surface area contributed by atoms with Gasteiger partial charge in [-0.2, -0.15) is 10.1 Å². The van der Waals surface area contributed by atoms with E-state index in [0.29, 0.717) is 24.7 Å². The van der Waals surface area contributed by atoms with Gasteiger partial charge < -0.3 is 9.42 Å². The average molecular weight is 317 g/mol. The van der Waals surface area contributed by atoms with Crippen LogP contribution in [0.1, 0.15) is 55.9 Å². The Morgan fingerprint density at radius 3 is 3.17 bits per heavy atom. The Balaban J connectivity index is 1.46. The summed E-state index contributed by atoms with van der Waals surface area (Å²) in [5.41, 5.74) is 1.13. The van der Waals surface area contributed by atoms with Gasteiger partial charge in [-0.15, -0.1) is 0 Å². The molecular formula is C16H23N5O2. The summed E-state index contributed by atoms with van der Waals surface area (Å²) in [7, 11) is 0. The summed E-state index contributed by atoms with van der Waals surface area (Å²) in [6.07, 6.45) is 6.62. The van der Waals surface area contributed by atoms with Gasteiger partial charge >= 0.3 is 0 Å². The normalized spacial score (nSPS) is 18.3. The summed E-state index contributed by atoms with van der Waals surface area (Å²) in [6.45, 7) is 3.62. The molecular weight excluding hydrogens is 294 g/mol. The van der Waals surface area contributed by atoms with Crippen molar-refractivity contribution in [2.75, 3.05) is 13.1 Å². The fourth-order valence-electron chi connectivity index (χ4n) is 3.04. The molecule has 2 aromatic heterocycles. The maximum Gasteiger partial charge on any atom is 0.226 e. The van der Waals surface area contributed by atoms with Crippen LogP contribution in [-0.4, -0.2) is 44.2 Å². The number of carbonyl (C=O) groups is 1. The van der Waals surface area contributed by atoms with E-state index in [1.54, 1.807) is 6.20 Å². The second-order valence-electron chi connectivity index (χ2n) is 6.00. The van der Waals surface area contributed by atoms with E-state index in [-0.39, 0.29) is 5.91 Å². The van der Waals surface area contributed by atoms with Crippen LogP contribution in [-0.2, 0) is 17.6 Å². The number of aromatic amines is 1. The molecule has 7 heteroatoms. The van der Waals surface area contributed by atoms with Crippen LogP contribution in [0.4, 0.5) is 0 Å². The summed E-state index contributed by atoms with van der Waals surface area (Å²) < 4.78 is 5.15. The van der Waals surface area contributed by atoms with Gasteiger partial charge in [-0.05, 0) is 25.3 Å². The van der Waals surface area contributed by atoms with Crippen molar-refractivity contribution in [3.63, 3.8) is 0 Å². The number of H-pyrrole nitrogens is 1. The van der Waals surface area contributed by atoms with Crippen molar-refractivity contribution >= 4 is 5.91 Å². The highest BCUT2D eigenvalue weighted by atomic mass is 16.5. The van der Waals surface area contributed by atoms with Crippen LogP contribution in [0, 0.1) is 0 Å². The van der Waals surface area contributed by atoms with E-state index in [0.717, 1.165) is 50.3 Å². The quantitative estimate of drug-likeness (QED) is 0.881. The number of nitrogens with one attached hydrogen (secondary N) is 1. The second-order valence-corrected chi connectivity index (χ2v) is 6.00. The molecule has 3 heterocycles. The van der Waals surface area contributed by atoms with Crippen molar-refractivity contribution in [2.24, 2.45) is 0 Å². The molecule has 0 aromatic carbocycles. The van der Waals surface area contributed by atoms with Crippen molar-refractivity contribution in [2.45, 2.75) is 51.4 Å². The predicted molar refractivity (Wildman–Crippen MR) is 83.8 cm³/mol. The fourth-order valence-corrected chi connectivity index (χ4v) is 3.04. The number of rotatable bonds is 6. The van der Waals surface area contributed by atoms with Gasteiger partial charge in [-0.25, -0.2) is 0 Å². The zero-order valence-corrected chi connectivity index (χ0v) is 13.5. The average Bonchev–Trinajstić information content (AvgIpc) is 3.26. The van der Waals surface area contributed by atoms with Gasteiger partial charge in [0.2, 0.25) is 11.8 Å². The van der Waals surface area contributed by atoms with Crippen LogP contribution >= 0.6 is 0 Å². The van der Waals surface area contributed by atoms with Crippen molar-refractivity contribution in [3.8, 4) is 0 Å². The maximum atomic E-state index is 12.4. The van der Waals surface area contributed by atoms with Gasteiger partial charge in [0.1, 0.15) is 0 Å². The lowest BCUT2D eigenvalue weighted by molar-refractivity contribution is -0.132. The monoisotopic (exact) mass is 317 g/mol. The Morgan fingerprint density at radius 2 is 2.43 bits per heavy atom. The van der Waals surface area contributed by atoms with E-state index >= 15 is 0 Å². The first kappa shape index (κ1) is 15.7. The van der Waals surface area contributed by atoms with Gasteiger partial charge in [-0.1, -0.05) is 12.1 Å². The van der Waals surface area contributed by atoms with E-state index in [1.807, 2.05) is 17.9 Å². The van der Waals surface area contributed by atoms with Crippen molar-refractivity contribution < 1.29 is 9.32 Å². The number of nitrogens with zero attached hydrogens (tertiary/aromatic N) is 4. The molecule has 1 aliphatic heterocycles. The summed E-state index contributed by atoms with van der Waals surface area (Å²) in [5.74, 6) is 1.94. The Hall–Kier alpha value is -2.18. The van der Waals surface area contributed by atoms with Crippen LogP contribution in [0.5, 0.6) is 0 Å². The highest BCUT2D eigenvalue weighted by Crippen LogP contribution is 2.25. The summed E-state index contributed by atoms with van der Waals surface area (Å²) >= 11 is 0. The van der Waals surface area contributed by atoms with E-state index < -0.39 is 0 Å². The molecule has 0 aliphatic carbocycles. The molecule has 0 bridgehead atoms. The Bertz CT molecular complexity index is 622. The minimum absolute atomic E-state index is 0.212. The summed E-state index contributed by atoms with van der Waals surface area (Å²) in [4.78, 5) is 18.6. The first-order valence-electron chi connectivity index (χ1n) is 8.34. The molecule has 23 heavy (non-hydrogen) atoms. The summed E-state index contributed by atoms with van der Waals surface area (Å²) in [5, 5.41) is 10.9. The van der Waals surface area contributed by atoms with Crippen molar-refractivity contribution in [3.05, 3.63) is 29.7 Å². The third kappa shape index (κ3) is 3.97. The van der Waals surface area contributed by atoms with E-state index in [4.69, 9.17) is 4.52 Å². The highest BCUT2D eigenvalue weighted by Gasteiger charge is 2.25. The summed E-state index contributed by atoms with van der Waals surface area (Å²) in [6, 6.07) is 2.00. The van der Waals surface area contributed by atoms with Gasteiger partial charge in [0, 0.05) is 50.2 Å². The third-order valence-corrected chi connectivity index (χ3v) is 4.34. The number of amides is 1. The SMILES string of the molecule is CCc1noc(CCCC(=O)N2CCC[C@H](c3ccn[nH]3)C2)n1. The number of piperidine rings is 1. The minimum atomic E-state index is 0.212. The van der Waals surface area contributed by atoms with Crippen LogP contribution in [0.15, 0.2) is 16.8 Å².